The number of hydrogen-bond acceptors (Lipinski definition) is 7. The molecule has 3 aromatic rings. The van der Waals surface area contributed by atoms with Crippen LogP contribution in [0.3, 0.4) is 0 Å². The van der Waals surface area contributed by atoms with Crippen molar-refractivity contribution in [2.24, 2.45) is 5.41 Å². The van der Waals surface area contributed by atoms with Crippen molar-refractivity contribution in [3.8, 4) is 5.88 Å². The summed E-state index contributed by atoms with van der Waals surface area (Å²) < 4.78 is 35.9. The molecule has 0 radical (unpaired) electrons. The van der Waals surface area contributed by atoms with Crippen LogP contribution in [0.15, 0.2) is 18.5 Å². The minimum absolute atomic E-state index is 0.00771. The molecule has 1 fully saturated rings. The van der Waals surface area contributed by atoms with E-state index in [0.717, 1.165) is 13.0 Å². The molecule has 0 unspecified atom stereocenters. The molecule has 0 bridgehead atoms. The van der Waals surface area contributed by atoms with Gasteiger partial charge >= 0.3 is 6.61 Å². The van der Waals surface area contributed by atoms with Crippen molar-refractivity contribution in [1.82, 2.24) is 29.9 Å². The number of rotatable bonds is 6. The minimum Gasteiger partial charge on any atom is -0.417 e. The van der Waals surface area contributed by atoms with Crippen LogP contribution in [-0.4, -0.2) is 49.8 Å². The molecular weight excluding hydrogens is 348 g/mol. The Balaban J connectivity index is 1.55. The predicted molar refractivity (Wildman–Crippen MR) is 87.4 cm³/mol. The summed E-state index contributed by atoms with van der Waals surface area (Å²) >= 11 is 0. The number of H-pyrrole nitrogens is 1. The Kier molecular flexibility index (Phi) is 4.15. The van der Waals surface area contributed by atoms with E-state index in [0.29, 0.717) is 30.1 Å². The Labute approximate surface area is 146 Å². The lowest BCUT2D eigenvalue weighted by Crippen LogP contribution is -2.24. The number of nitrogens with one attached hydrogen (secondary N) is 2. The molecule has 9 nitrogen and oxygen atoms in total. The molecule has 4 heterocycles. The highest BCUT2D eigenvalue weighted by Gasteiger charge is 2.31. The van der Waals surface area contributed by atoms with Crippen molar-refractivity contribution in [3.05, 3.63) is 18.5 Å². The van der Waals surface area contributed by atoms with Gasteiger partial charge < -0.3 is 14.8 Å². The molecule has 0 aliphatic carbocycles. The van der Waals surface area contributed by atoms with Crippen molar-refractivity contribution in [3.63, 3.8) is 0 Å². The predicted octanol–water partition coefficient (Wildman–Crippen LogP) is 2.32. The second kappa shape index (κ2) is 6.48. The van der Waals surface area contributed by atoms with E-state index in [1.54, 1.807) is 10.9 Å². The van der Waals surface area contributed by atoms with Crippen molar-refractivity contribution in [2.75, 3.05) is 18.5 Å². The number of aromatic nitrogens is 6. The molecule has 0 saturated carbocycles. The Morgan fingerprint density at radius 1 is 1.42 bits per heavy atom. The fraction of sp³-hybridized carbons (Fsp3) is 0.467. The Morgan fingerprint density at radius 3 is 3.08 bits per heavy atom. The maximum Gasteiger partial charge on any atom is 0.388 e. The van der Waals surface area contributed by atoms with Gasteiger partial charge in [0, 0.05) is 18.1 Å². The maximum atomic E-state index is 12.2. The third-order valence-corrected chi connectivity index (χ3v) is 4.20. The Bertz CT molecular complexity index is 904. The Hall–Kier alpha value is -2.82. The van der Waals surface area contributed by atoms with Crippen LogP contribution in [0.4, 0.5) is 20.4 Å². The van der Waals surface area contributed by atoms with Crippen molar-refractivity contribution >= 4 is 22.8 Å². The average molecular weight is 365 g/mol. The van der Waals surface area contributed by atoms with Gasteiger partial charge in [-0.2, -0.15) is 19.0 Å². The zero-order valence-electron chi connectivity index (χ0n) is 13.9. The van der Waals surface area contributed by atoms with E-state index >= 15 is 0 Å². The van der Waals surface area contributed by atoms with E-state index in [1.165, 1.54) is 12.3 Å². The first-order valence-electron chi connectivity index (χ1n) is 8.04. The molecule has 3 aromatic heterocycles. The molecule has 0 aromatic carbocycles. The van der Waals surface area contributed by atoms with E-state index in [2.05, 4.69) is 42.2 Å². The topological polar surface area (TPSA) is 103 Å². The molecule has 138 valence electrons. The van der Waals surface area contributed by atoms with E-state index in [-0.39, 0.29) is 17.1 Å². The molecule has 2 N–H and O–H groups in total. The van der Waals surface area contributed by atoms with E-state index in [4.69, 9.17) is 4.74 Å². The van der Waals surface area contributed by atoms with E-state index in [1.807, 2.05) is 0 Å². The normalized spacial score (nSPS) is 20.2. The van der Waals surface area contributed by atoms with Crippen LogP contribution in [0.5, 0.6) is 5.88 Å². The van der Waals surface area contributed by atoms with E-state index < -0.39 is 6.61 Å². The molecule has 4 rings (SSSR count). The van der Waals surface area contributed by atoms with Gasteiger partial charge in [0.1, 0.15) is 5.52 Å². The molecule has 0 spiro atoms. The van der Waals surface area contributed by atoms with Gasteiger partial charge in [0.2, 0.25) is 5.88 Å². The van der Waals surface area contributed by atoms with Gasteiger partial charge in [-0.3, -0.25) is 0 Å². The molecule has 1 aliphatic heterocycles. The highest BCUT2D eigenvalue weighted by molar-refractivity contribution is 5.71. The number of fused-ring (bicyclic) bond motifs is 1. The molecule has 1 aliphatic rings. The highest BCUT2D eigenvalue weighted by atomic mass is 19.3. The summed E-state index contributed by atoms with van der Waals surface area (Å²) in [5, 5.41) is 13.5. The quantitative estimate of drug-likeness (QED) is 0.691. The third kappa shape index (κ3) is 3.43. The van der Waals surface area contributed by atoms with Crippen LogP contribution in [0.1, 0.15) is 13.3 Å². The first-order chi connectivity index (χ1) is 12.5. The number of anilines is 2. The zero-order valence-corrected chi connectivity index (χ0v) is 13.9. The number of nitrogens with zero attached hydrogens (tertiary/aromatic N) is 5. The fourth-order valence-corrected chi connectivity index (χ4v) is 2.88. The third-order valence-electron chi connectivity index (χ3n) is 4.20. The first-order valence-corrected chi connectivity index (χ1v) is 8.04. The maximum absolute atomic E-state index is 12.2. The number of alkyl halides is 2. The molecule has 0 amide bonds. The van der Waals surface area contributed by atoms with Gasteiger partial charge in [-0.25, -0.2) is 19.7 Å². The lowest BCUT2D eigenvalue weighted by atomic mass is 9.90. The SMILES string of the molecule is C[C@@]1(Cn2ncc3ncc(Nc4cc(OC(F)F)[nH]n4)nc32)CCOC1. The lowest BCUT2D eigenvalue weighted by molar-refractivity contribution is -0.0528. The molecule has 11 heteroatoms. The summed E-state index contributed by atoms with van der Waals surface area (Å²) in [6, 6.07) is 1.31. The molecule has 26 heavy (non-hydrogen) atoms. The van der Waals surface area contributed by atoms with Crippen molar-refractivity contribution < 1.29 is 18.3 Å². The average Bonchev–Trinajstić information content (AvgIpc) is 3.30. The minimum atomic E-state index is -2.92. The van der Waals surface area contributed by atoms with Gasteiger partial charge in [-0.1, -0.05) is 6.92 Å². The molecule has 1 atom stereocenters. The van der Waals surface area contributed by atoms with Gasteiger partial charge in [0.25, 0.3) is 0 Å². The van der Waals surface area contributed by atoms with Gasteiger partial charge in [-0.05, 0) is 6.42 Å². The lowest BCUT2D eigenvalue weighted by Gasteiger charge is -2.21. The van der Waals surface area contributed by atoms with Gasteiger partial charge in [0.05, 0.1) is 25.5 Å². The van der Waals surface area contributed by atoms with E-state index in [9.17, 15) is 8.78 Å². The smallest absolute Gasteiger partial charge is 0.388 e. The first kappa shape index (κ1) is 16.6. The fourth-order valence-electron chi connectivity index (χ4n) is 2.88. The van der Waals surface area contributed by atoms with Gasteiger partial charge in [0.15, 0.2) is 17.3 Å². The summed E-state index contributed by atoms with van der Waals surface area (Å²) in [5.41, 5.74) is 1.30. The van der Waals surface area contributed by atoms with Crippen LogP contribution in [0, 0.1) is 5.41 Å². The summed E-state index contributed by atoms with van der Waals surface area (Å²) in [4.78, 5) is 8.84. The summed E-state index contributed by atoms with van der Waals surface area (Å²) in [5.74, 6) is 0.564. The summed E-state index contributed by atoms with van der Waals surface area (Å²) in [6.45, 7) is 1.33. The molecule has 1 saturated heterocycles. The Morgan fingerprint density at radius 2 is 2.31 bits per heavy atom. The second-order valence-corrected chi connectivity index (χ2v) is 6.50. The number of halogens is 2. The van der Waals surface area contributed by atoms with Crippen LogP contribution < -0.4 is 10.1 Å². The zero-order chi connectivity index (χ0) is 18.1. The second-order valence-electron chi connectivity index (χ2n) is 6.50. The standard InChI is InChI=1S/C15H17F2N7O2/c1-15(2-3-25-8-15)7-24-13-9(5-19-24)18-6-11(21-13)20-10-4-12(23-22-10)26-14(16)17/h4-6,14H,2-3,7-8H2,1H3,(H2,20,21,22,23)/t15-/m0/s1. The molecular formula is C15H17F2N7O2. The van der Waals surface area contributed by atoms with Crippen LogP contribution in [-0.2, 0) is 11.3 Å². The van der Waals surface area contributed by atoms with Crippen LogP contribution >= 0.6 is 0 Å². The largest absolute Gasteiger partial charge is 0.417 e. The number of aromatic amines is 1. The monoisotopic (exact) mass is 365 g/mol. The van der Waals surface area contributed by atoms with Gasteiger partial charge in [-0.15, -0.1) is 0 Å². The van der Waals surface area contributed by atoms with Crippen molar-refractivity contribution in [1.29, 1.82) is 0 Å². The summed E-state index contributed by atoms with van der Waals surface area (Å²) in [6.07, 6.45) is 4.14. The summed E-state index contributed by atoms with van der Waals surface area (Å²) in [7, 11) is 0. The van der Waals surface area contributed by atoms with Crippen LogP contribution in [0.2, 0.25) is 0 Å². The highest BCUT2D eigenvalue weighted by Crippen LogP contribution is 2.30. The van der Waals surface area contributed by atoms with Crippen molar-refractivity contribution in [2.45, 2.75) is 26.5 Å². The number of ether oxygens (including phenoxy) is 2. The number of hydrogen-bond donors (Lipinski definition) is 2. The van der Waals surface area contributed by atoms with Crippen LogP contribution in [0.25, 0.3) is 11.2 Å².